The van der Waals surface area contributed by atoms with Crippen molar-refractivity contribution in [3.63, 3.8) is 0 Å². The van der Waals surface area contributed by atoms with Crippen LogP contribution in [-0.2, 0) is 12.8 Å². The number of fused-ring (bicyclic) bond motifs is 1. The molecular formula is C26H31N3O3. The fraction of sp³-hybridized carbons (Fsp3) is 0.462. The first-order valence-corrected chi connectivity index (χ1v) is 11.8. The van der Waals surface area contributed by atoms with Crippen LogP contribution >= 0.6 is 0 Å². The van der Waals surface area contributed by atoms with Gasteiger partial charge >= 0.3 is 6.01 Å². The minimum absolute atomic E-state index is 0.0223. The molecule has 2 aliphatic carbocycles. The van der Waals surface area contributed by atoms with Gasteiger partial charge in [0.1, 0.15) is 17.6 Å². The van der Waals surface area contributed by atoms with E-state index in [4.69, 9.17) is 4.74 Å². The van der Waals surface area contributed by atoms with Crippen LogP contribution in [0.2, 0.25) is 0 Å². The highest BCUT2D eigenvalue weighted by molar-refractivity contribution is 5.70. The molecule has 0 unspecified atom stereocenters. The Bertz CT molecular complexity index is 1130. The van der Waals surface area contributed by atoms with E-state index in [1.54, 1.807) is 0 Å². The lowest BCUT2D eigenvalue weighted by Crippen LogP contribution is -2.21. The predicted octanol–water partition coefficient (Wildman–Crippen LogP) is 5.67. The molecule has 0 aliphatic heterocycles. The maximum absolute atomic E-state index is 10.7. The number of hydrogen-bond acceptors (Lipinski definition) is 5. The molecule has 6 nitrogen and oxygen atoms in total. The number of aryl methyl sites for hydroxylation is 2. The second-order valence-corrected chi connectivity index (χ2v) is 9.41. The van der Waals surface area contributed by atoms with Crippen LogP contribution < -0.4 is 4.74 Å². The van der Waals surface area contributed by atoms with Crippen molar-refractivity contribution in [2.24, 2.45) is 0 Å². The third-order valence-electron chi connectivity index (χ3n) is 6.81. The number of aromatic hydroxyl groups is 2. The Hall–Kier alpha value is -3.02. The molecule has 0 atom stereocenters. The molecule has 2 aromatic carbocycles. The summed E-state index contributed by atoms with van der Waals surface area (Å²) in [6, 6.07) is 10.1. The molecule has 1 heterocycles. The first-order chi connectivity index (χ1) is 15.5. The monoisotopic (exact) mass is 433 g/mol. The quantitative estimate of drug-likeness (QED) is 0.542. The van der Waals surface area contributed by atoms with Crippen molar-refractivity contribution in [2.75, 3.05) is 0 Å². The Kier molecular flexibility index (Phi) is 5.53. The molecule has 6 heteroatoms. The number of hydrogen-bond donors (Lipinski definition) is 2. The number of benzene rings is 2. The molecule has 2 aliphatic rings. The van der Waals surface area contributed by atoms with Gasteiger partial charge in [0.15, 0.2) is 5.82 Å². The Labute approximate surface area is 188 Å². The maximum Gasteiger partial charge on any atom is 0.322 e. The van der Waals surface area contributed by atoms with E-state index >= 15 is 0 Å². The van der Waals surface area contributed by atoms with E-state index in [2.05, 4.69) is 28.4 Å². The Balaban J connectivity index is 1.64. The number of ether oxygens (including phenoxy) is 1. The van der Waals surface area contributed by atoms with Gasteiger partial charge in [0, 0.05) is 6.07 Å². The lowest BCUT2D eigenvalue weighted by atomic mass is 9.98. The van der Waals surface area contributed by atoms with Gasteiger partial charge in [-0.15, -0.1) is 5.10 Å². The van der Waals surface area contributed by atoms with Crippen LogP contribution in [0.1, 0.15) is 75.0 Å². The number of rotatable bonds is 5. The van der Waals surface area contributed by atoms with Gasteiger partial charge in [-0.2, -0.15) is 0 Å². The third-order valence-corrected chi connectivity index (χ3v) is 6.81. The van der Waals surface area contributed by atoms with Gasteiger partial charge < -0.3 is 14.9 Å². The number of nitrogens with zero attached hydrogens (tertiary/aromatic N) is 3. The van der Waals surface area contributed by atoms with E-state index in [9.17, 15) is 10.2 Å². The fourth-order valence-corrected chi connectivity index (χ4v) is 5.02. The summed E-state index contributed by atoms with van der Waals surface area (Å²) in [6.45, 7) is 4.03. The molecule has 32 heavy (non-hydrogen) atoms. The molecule has 1 saturated carbocycles. The molecule has 3 aromatic rings. The SMILES string of the molecule is CC(C)c1cc(-c2nnc(OC3CCCCC3)n2-c2ccc3c(c2)CCC3)c(O)cc1O. The molecule has 0 spiro atoms. The molecule has 5 rings (SSSR count). The molecule has 2 N–H and O–H groups in total. The fourth-order valence-electron chi connectivity index (χ4n) is 5.02. The first kappa shape index (κ1) is 20.9. The summed E-state index contributed by atoms with van der Waals surface area (Å²) in [6.07, 6.45) is 9.13. The van der Waals surface area contributed by atoms with E-state index in [0.717, 1.165) is 36.9 Å². The van der Waals surface area contributed by atoms with Crippen molar-refractivity contribution in [2.45, 2.75) is 77.2 Å². The Morgan fingerprint density at radius 1 is 0.906 bits per heavy atom. The summed E-state index contributed by atoms with van der Waals surface area (Å²) < 4.78 is 8.28. The van der Waals surface area contributed by atoms with Crippen molar-refractivity contribution in [1.29, 1.82) is 0 Å². The normalized spacial score (nSPS) is 16.5. The highest BCUT2D eigenvalue weighted by Crippen LogP contribution is 2.40. The summed E-state index contributed by atoms with van der Waals surface area (Å²) in [5, 5.41) is 29.9. The van der Waals surface area contributed by atoms with Crippen molar-refractivity contribution < 1.29 is 14.9 Å². The van der Waals surface area contributed by atoms with Gasteiger partial charge in [-0.1, -0.05) is 31.4 Å². The van der Waals surface area contributed by atoms with Crippen molar-refractivity contribution in [3.05, 3.63) is 47.0 Å². The Morgan fingerprint density at radius 2 is 1.69 bits per heavy atom. The van der Waals surface area contributed by atoms with E-state index in [1.165, 1.54) is 42.9 Å². The van der Waals surface area contributed by atoms with Gasteiger partial charge in [0.05, 0.1) is 11.3 Å². The predicted molar refractivity (Wildman–Crippen MR) is 124 cm³/mol. The van der Waals surface area contributed by atoms with Crippen LogP contribution in [0.3, 0.4) is 0 Å². The number of phenols is 2. The van der Waals surface area contributed by atoms with Gasteiger partial charge in [-0.25, -0.2) is 4.57 Å². The second-order valence-electron chi connectivity index (χ2n) is 9.41. The van der Waals surface area contributed by atoms with Crippen LogP contribution in [0.4, 0.5) is 0 Å². The third kappa shape index (κ3) is 3.83. The van der Waals surface area contributed by atoms with Crippen molar-refractivity contribution >= 4 is 0 Å². The summed E-state index contributed by atoms with van der Waals surface area (Å²) in [5.74, 6) is 0.686. The topological polar surface area (TPSA) is 80.4 Å². The highest BCUT2D eigenvalue weighted by atomic mass is 16.5. The van der Waals surface area contributed by atoms with E-state index in [0.29, 0.717) is 17.4 Å². The summed E-state index contributed by atoms with van der Waals surface area (Å²) in [7, 11) is 0. The molecule has 168 valence electrons. The highest BCUT2D eigenvalue weighted by Gasteiger charge is 2.25. The lowest BCUT2D eigenvalue weighted by molar-refractivity contribution is 0.139. The van der Waals surface area contributed by atoms with Crippen LogP contribution in [0.25, 0.3) is 17.1 Å². The molecule has 0 saturated heterocycles. The maximum atomic E-state index is 10.7. The molecule has 0 amide bonds. The zero-order valence-corrected chi connectivity index (χ0v) is 18.8. The molecular weight excluding hydrogens is 402 g/mol. The number of aromatic nitrogens is 3. The van der Waals surface area contributed by atoms with Crippen molar-refractivity contribution in [3.8, 4) is 34.6 Å². The first-order valence-electron chi connectivity index (χ1n) is 11.8. The van der Waals surface area contributed by atoms with Gasteiger partial charge in [0.25, 0.3) is 0 Å². The summed E-state index contributed by atoms with van der Waals surface area (Å²) >= 11 is 0. The average molecular weight is 434 g/mol. The van der Waals surface area contributed by atoms with Crippen LogP contribution in [-0.4, -0.2) is 31.1 Å². The Morgan fingerprint density at radius 3 is 2.47 bits per heavy atom. The minimum atomic E-state index is -0.0223. The average Bonchev–Trinajstić information content (AvgIpc) is 3.40. The van der Waals surface area contributed by atoms with E-state index in [1.807, 2.05) is 24.5 Å². The smallest absolute Gasteiger partial charge is 0.322 e. The van der Waals surface area contributed by atoms with E-state index < -0.39 is 0 Å². The molecule has 0 radical (unpaired) electrons. The van der Waals surface area contributed by atoms with Crippen LogP contribution in [0, 0.1) is 0 Å². The zero-order valence-electron chi connectivity index (χ0n) is 18.8. The largest absolute Gasteiger partial charge is 0.508 e. The van der Waals surface area contributed by atoms with Crippen molar-refractivity contribution in [1.82, 2.24) is 14.8 Å². The summed E-state index contributed by atoms with van der Waals surface area (Å²) in [4.78, 5) is 0. The molecule has 1 fully saturated rings. The van der Waals surface area contributed by atoms with Gasteiger partial charge in [0.2, 0.25) is 0 Å². The van der Waals surface area contributed by atoms with Gasteiger partial charge in [-0.05, 0) is 85.8 Å². The van der Waals surface area contributed by atoms with Crippen LogP contribution in [0.15, 0.2) is 30.3 Å². The van der Waals surface area contributed by atoms with E-state index in [-0.39, 0.29) is 23.5 Å². The molecule has 1 aromatic heterocycles. The lowest BCUT2D eigenvalue weighted by Gasteiger charge is -2.23. The minimum Gasteiger partial charge on any atom is -0.508 e. The summed E-state index contributed by atoms with van der Waals surface area (Å²) in [5.41, 5.74) is 4.99. The molecule has 0 bridgehead atoms. The number of phenolic OH excluding ortho intramolecular Hbond substituents is 2. The zero-order chi connectivity index (χ0) is 22.2. The van der Waals surface area contributed by atoms with Gasteiger partial charge in [-0.3, -0.25) is 0 Å². The second kappa shape index (κ2) is 8.49. The standard InChI is InChI=1S/C26H31N3O3/c1-16(2)21-14-22(24(31)15-23(21)30)25-27-28-26(32-20-9-4-3-5-10-20)29(25)19-12-11-17-7-6-8-18(17)13-19/h11-16,20,30-31H,3-10H2,1-2H3. The van der Waals surface area contributed by atoms with Crippen LogP contribution in [0.5, 0.6) is 17.5 Å².